The van der Waals surface area contributed by atoms with Gasteiger partial charge in [0.1, 0.15) is 6.04 Å². The molecular weight excluding hydrogens is 356 g/mol. The van der Waals surface area contributed by atoms with Gasteiger partial charge in [-0.1, -0.05) is 30.3 Å². The van der Waals surface area contributed by atoms with Gasteiger partial charge >= 0.3 is 5.97 Å². The van der Waals surface area contributed by atoms with Gasteiger partial charge in [0, 0.05) is 32.0 Å². The highest BCUT2D eigenvalue weighted by Crippen LogP contribution is 2.44. The van der Waals surface area contributed by atoms with Crippen molar-refractivity contribution in [3.63, 3.8) is 0 Å². The van der Waals surface area contributed by atoms with Gasteiger partial charge in [-0.3, -0.25) is 9.59 Å². The fraction of sp³-hybridized carbons (Fsp3) is 0.591. The topological polar surface area (TPSA) is 77.9 Å². The zero-order chi connectivity index (χ0) is 19.7. The SMILES string of the molecule is O=C(O)[C@H]1CC2(CCN(C(=O)C3CC3)CC2)CN1C(=O)CCc1ccccc1. The molecule has 6 nitrogen and oxygen atoms in total. The first-order valence-corrected chi connectivity index (χ1v) is 10.3. The van der Waals surface area contributed by atoms with E-state index in [1.165, 1.54) is 0 Å². The average molecular weight is 384 g/mol. The van der Waals surface area contributed by atoms with E-state index < -0.39 is 12.0 Å². The highest BCUT2D eigenvalue weighted by atomic mass is 16.4. The van der Waals surface area contributed by atoms with E-state index in [2.05, 4.69) is 0 Å². The molecule has 3 aliphatic rings. The van der Waals surface area contributed by atoms with Gasteiger partial charge in [0.2, 0.25) is 11.8 Å². The molecular formula is C22H28N2O4. The summed E-state index contributed by atoms with van der Waals surface area (Å²) in [5.41, 5.74) is 0.926. The number of benzene rings is 1. The number of aliphatic carboxylic acids is 1. The first kappa shape index (κ1) is 19.0. The summed E-state index contributed by atoms with van der Waals surface area (Å²) in [6, 6.07) is 9.06. The van der Waals surface area contributed by atoms with Gasteiger partial charge < -0.3 is 14.9 Å². The highest BCUT2D eigenvalue weighted by molar-refractivity contribution is 5.85. The molecule has 2 heterocycles. The van der Waals surface area contributed by atoms with E-state index in [1.54, 1.807) is 4.90 Å². The molecule has 2 aliphatic heterocycles. The minimum Gasteiger partial charge on any atom is -0.480 e. The van der Waals surface area contributed by atoms with E-state index in [0.29, 0.717) is 38.9 Å². The maximum absolute atomic E-state index is 12.8. The average Bonchev–Trinajstić information content (AvgIpc) is 3.49. The zero-order valence-electron chi connectivity index (χ0n) is 16.2. The molecule has 1 aromatic carbocycles. The second kappa shape index (κ2) is 7.57. The third-order valence-electron chi connectivity index (χ3n) is 6.65. The molecule has 2 amide bonds. The van der Waals surface area contributed by atoms with Crippen molar-refractivity contribution in [1.29, 1.82) is 0 Å². The van der Waals surface area contributed by atoms with Crippen LogP contribution in [0.5, 0.6) is 0 Å². The summed E-state index contributed by atoms with van der Waals surface area (Å²) in [6.45, 7) is 1.88. The number of carbonyl (C=O) groups excluding carboxylic acids is 2. The number of nitrogens with zero attached hydrogens (tertiary/aromatic N) is 2. The lowest BCUT2D eigenvalue weighted by Crippen LogP contribution is -2.45. The van der Waals surface area contributed by atoms with Crippen molar-refractivity contribution in [1.82, 2.24) is 9.80 Å². The van der Waals surface area contributed by atoms with E-state index in [-0.39, 0.29) is 23.1 Å². The first-order chi connectivity index (χ1) is 13.5. The number of carbonyl (C=O) groups is 3. The zero-order valence-corrected chi connectivity index (χ0v) is 16.2. The van der Waals surface area contributed by atoms with E-state index >= 15 is 0 Å². The van der Waals surface area contributed by atoms with Crippen molar-refractivity contribution in [2.75, 3.05) is 19.6 Å². The largest absolute Gasteiger partial charge is 0.480 e. The standard InChI is InChI=1S/C22H28N2O4/c25-19(9-6-16-4-2-1-3-5-16)24-15-22(14-18(24)21(27)28)10-12-23(13-11-22)20(26)17-7-8-17/h1-5,17-18H,6-15H2,(H,27,28)/t18-/m1/s1. The molecule has 0 aromatic heterocycles. The normalized spacial score (nSPS) is 23.8. The van der Waals surface area contributed by atoms with Crippen molar-refractivity contribution in [2.45, 2.75) is 51.0 Å². The highest BCUT2D eigenvalue weighted by Gasteiger charge is 2.50. The van der Waals surface area contributed by atoms with Crippen LogP contribution in [0.1, 0.15) is 44.1 Å². The van der Waals surface area contributed by atoms with Gasteiger partial charge in [-0.2, -0.15) is 0 Å². The summed E-state index contributed by atoms with van der Waals surface area (Å²) in [4.78, 5) is 40.5. The third-order valence-corrected chi connectivity index (χ3v) is 6.65. The van der Waals surface area contributed by atoms with E-state index in [4.69, 9.17) is 0 Å². The van der Waals surface area contributed by atoms with Crippen molar-refractivity contribution < 1.29 is 19.5 Å². The number of piperidine rings is 1. The summed E-state index contributed by atoms with van der Waals surface area (Å²) >= 11 is 0. The minimum atomic E-state index is -0.915. The fourth-order valence-corrected chi connectivity index (χ4v) is 4.73. The quantitative estimate of drug-likeness (QED) is 0.845. The Morgan fingerprint density at radius 2 is 1.75 bits per heavy atom. The summed E-state index contributed by atoms with van der Waals surface area (Å²) < 4.78 is 0. The maximum atomic E-state index is 12.8. The van der Waals surface area contributed by atoms with Crippen LogP contribution in [0.2, 0.25) is 0 Å². The number of hydrogen-bond donors (Lipinski definition) is 1. The Labute approximate surface area is 165 Å². The number of hydrogen-bond acceptors (Lipinski definition) is 3. The third kappa shape index (κ3) is 3.91. The van der Waals surface area contributed by atoms with E-state index in [1.807, 2.05) is 35.2 Å². The van der Waals surface area contributed by atoms with Crippen LogP contribution in [0.25, 0.3) is 0 Å². The Bertz CT molecular complexity index is 751. The number of carboxylic acid groups (broad SMARTS) is 1. The molecule has 1 aliphatic carbocycles. The van der Waals surface area contributed by atoms with Crippen LogP contribution < -0.4 is 0 Å². The van der Waals surface area contributed by atoms with Gasteiger partial charge in [-0.05, 0) is 49.5 Å². The molecule has 0 bridgehead atoms. The van der Waals surface area contributed by atoms with E-state index in [9.17, 15) is 19.5 Å². The summed E-state index contributed by atoms with van der Waals surface area (Å²) in [5.74, 6) is -0.509. The van der Waals surface area contributed by atoms with Crippen molar-refractivity contribution in [3.8, 4) is 0 Å². The lowest BCUT2D eigenvalue weighted by Gasteiger charge is -2.39. The lowest BCUT2D eigenvalue weighted by molar-refractivity contribution is -0.148. The lowest BCUT2D eigenvalue weighted by atomic mass is 9.76. The molecule has 6 heteroatoms. The van der Waals surface area contributed by atoms with Crippen LogP contribution in [-0.2, 0) is 20.8 Å². The number of aryl methyl sites for hydroxylation is 1. The Balaban J connectivity index is 1.38. The van der Waals surface area contributed by atoms with Crippen molar-refractivity contribution in [2.24, 2.45) is 11.3 Å². The molecule has 4 rings (SSSR count). The second-order valence-corrected chi connectivity index (χ2v) is 8.66. The molecule has 1 saturated carbocycles. The molecule has 3 fully saturated rings. The summed E-state index contributed by atoms with van der Waals surface area (Å²) in [7, 11) is 0. The monoisotopic (exact) mass is 384 g/mol. The van der Waals surface area contributed by atoms with Crippen LogP contribution >= 0.6 is 0 Å². The Morgan fingerprint density at radius 3 is 2.36 bits per heavy atom. The molecule has 0 radical (unpaired) electrons. The van der Waals surface area contributed by atoms with E-state index in [0.717, 1.165) is 31.2 Å². The fourth-order valence-electron chi connectivity index (χ4n) is 4.73. The van der Waals surface area contributed by atoms with Gasteiger partial charge in [-0.25, -0.2) is 4.79 Å². The van der Waals surface area contributed by atoms with Crippen molar-refractivity contribution >= 4 is 17.8 Å². The predicted molar refractivity (Wildman–Crippen MR) is 103 cm³/mol. The van der Waals surface area contributed by atoms with Crippen LogP contribution in [0.4, 0.5) is 0 Å². The second-order valence-electron chi connectivity index (χ2n) is 8.66. The minimum absolute atomic E-state index is 0.0791. The van der Waals surface area contributed by atoms with Gasteiger partial charge in [-0.15, -0.1) is 0 Å². The molecule has 1 spiro atoms. The number of carboxylic acids is 1. The molecule has 1 N–H and O–H groups in total. The first-order valence-electron chi connectivity index (χ1n) is 10.3. The van der Waals surface area contributed by atoms with Crippen LogP contribution in [0.3, 0.4) is 0 Å². The summed E-state index contributed by atoms with van der Waals surface area (Å²) in [6.07, 6.45) is 5.05. The smallest absolute Gasteiger partial charge is 0.326 e. The molecule has 150 valence electrons. The number of likely N-dealkylation sites (tertiary alicyclic amines) is 2. The molecule has 0 unspecified atom stereocenters. The molecule has 1 atom stereocenters. The van der Waals surface area contributed by atoms with Crippen LogP contribution in [0, 0.1) is 11.3 Å². The Morgan fingerprint density at radius 1 is 1.07 bits per heavy atom. The van der Waals surface area contributed by atoms with Gasteiger partial charge in [0.05, 0.1) is 0 Å². The molecule has 2 saturated heterocycles. The van der Waals surface area contributed by atoms with Crippen LogP contribution in [0.15, 0.2) is 30.3 Å². The predicted octanol–water partition coefficient (Wildman–Crippen LogP) is 2.32. The number of amides is 2. The van der Waals surface area contributed by atoms with Gasteiger partial charge in [0.15, 0.2) is 0 Å². The van der Waals surface area contributed by atoms with Gasteiger partial charge in [0.25, 0.3) is 0 Å². The molecule has 28 heavy (non-hydrogen) atoms. The Kier molecular flexibility index (Phi) is 5.13. The number of rotatable bonds is 5. The van der Waals surface area contributed by atoms with Crippen LogP contribution in [-0.4, -0.2) is 58.4 Å². The maximum Gasteiger partial charge on any atom is 0.326 e. The summed E-state index contributed by atoms with van der Waals surface area (Å²) in [5, 5.41) is 9.69. The molecule has 1 aromatic rings. The van der Waals surface area contributed by atoms with Crippen molar-refractivity contribution in [3.05, 3.63) is 35.9 Å². The Hall–Kier alpha value is -2.37.